The van der Waals surface area contributed by atoms with Crippen molar-refractivity contribution in [1.82, 2.24) is 4.90 Å². The van der Waals surface area contributed by atoms with Gasteiger partial charge in [-0.25, -0.2) is 0 Å². The van der Waals surface area contributed by atoms with Gasteiger partial charge < -0.3 is 16.4 Å². The van der Waals surface area contributed by atoms with Crippen molar-refractivity contribution < 1.29 is 4.79 Å². The lowest BCUT2D eigenvalue weighted by Crippen LogP contribution is -2.26. The second-order valence-corrected chi connectivity index (χ2v) is 3.36. The molecule has 0 saturated carbocycles. The van der Waals surface area contributed by atoms with Crippen molar-refractivity contribution in [3.63, 3.8) is 0 Å². The summed E-state index contributed by atoms with van der Waals surface area (Å²) in [7, 11) is 1.70. The molecule has 1 aromatic carbocycles. The smallest absolute Gasteiger partial charge is 0.254 e. The maximum Gasteiger partial charge on any atom is 0.254 e. The van der Waals surface area contributed by atoms with E-state index in [0.29, 0.717) is 23.5 Å². The molecule has 15 heavy (non-hydrogen) atoms. The van der Waals surface area contributed by atoms with E-state index >= 15 is 0 Å². The third kappa shape index (κ3) is 2.74. The molecule has 0 atom stereocenters. The van der Waals surface area contributed by atoms with Gasteiger partial charge in [-0.3, -0.25) is 4.79 Å². The number of rotatable bonds is 3. The van der Waals surface area contributed by atoms with Gasteiger partial charge >= 0.3 is 0 Å². The van der Waals surface area contributed by atoms with Crippen molar-refractivity contribution in [3.05, 3.63) is 36.4 Å². The summed E-state index contributed by atoms with van der Waals surface area (Å²) in [5.74, 6) is -0.117. The highest BCUT2D eigenvalue weighted by Crippen LogP contribution is 2.14. The van der Waals surface area contributed by atoms with Crippen molar-refractivity contribution in [2.75, 3.05) is 25.1 Å². The zero-order valence-corrected chi connectivity index (χ0v) is 8.73. The van der Waals surface area contributed by atoms with Gasteiger partial charge in [0.1, 0.15) is 0 Å². The third-order valence-electron chi connectivity index (χ3n) is 1.97. The second kappa shape index (κ2) is 4.50. The molecule has 0 aliphatic carbocycles. The summed E-state index contributed by atoms with van der Waals surface area (Å²) in [4.78, 5) is 13.3. The molecular formula is C11H15N3O. The Hall–Kier alpha value is -1.97. The van der Waals surface area contributed by atoms with Crippen molar-refractivity contribution >= 4 is 17.3 Å². The Balaban J connectivity index is 2.95. The number of hydrogen-bond acceptors (Lipinski definition) is 3. The van der Waals surface area contributed by atoms with Crippen LogP contribution < -0.4 is 11.5 Å². The summed E-state index contributed by atoms with van der Waals surface area (Å²) < 4.78 is 0. The van der Waals surface area contributed by atoms with E-state index in [0.717, 1.165) is 0 Å². The summed E-state index contributed by atoms with van der Waals surface area (Å²) >= 11 is 0. The van der Waals surface area contributed by atoms with Crippen LogP contribution >= 0.6 is 0 Å². The van der Waals surface area contributed by atoms with Gasteiger partial charge in [-0.15, -0.1) is 6.58 Å². The largest absolute Gasteiger partial charge is 0.399 e. The molecule has 4 heteroatoms. The van der Waals surface area contributed by atoms with Crippen LogP contribution in [-0.2, 0) is 0 Å². The fourth-order valence-electron chi connectivity index (χ4n) is 1.30. The Labute approximate surface area is 89.2 Å². The summed E-state index contributed by atoms with van der Waals surface area (Å²) in [6.45, 7) is 4.06. The molecule has 4 nitrogen and oxygen atoms in total. The van der Waals surface area contributed by atoms with E-state index in [1.54, 1.807) is 36.2 Å². The first-order valence-electron chi connectivity index (χ1n) is 4.57. The van der Waals surface area contributed by atoms with Gasteiger partial charge in [0.25, 0.3) is 5.91 Å². The number of benzene rings is 1. The molecule has 0 fully saturated rings. The van der Waals surface area contributed by atoms with Crippen molar-refractivity contribution in [2.24, 2.45) is 0 Å². The van der Waals surface area contributed by atoms with Gasteiger partial charge in [0.2, 0.25) is 0 Å². The number of carbonyl (C=O) groups excluding carboxylic acids is 1. The summed E-state index contributed by atoms with van der Waals surface area (Å²) in [5.41, 5.74) is 12.7. The molecule has 1 aromatic rings. The van der Waals surface area contributed by atoms with Gasteiger partial charge in [-0.05, 0) is 18.2 Å². The van der Waals surface area contributed by atoms with Gasteiger partial charge in [-0.1, -0.05) is 6.08 Å². The molecule has 1 amide bonds. The summed E-state index contributed by atoms with van der Waals surface area (Å²) in [6, 6.07) is 4.83. The van der Waals surface area contributed by atoms with Gasteiger partial charge in [-0.2, -0.15) is 0 Å². The van der Waals surface area contributed by atoms with Gasteiger partial charge in [0.15, 0.2) is 0 Å². The number of amides is 1. The molecule has 0 bridgehead atoms. The maximum atomic E-state index is 11.8. The number of anilines is 2. The Morgan fingerprint density at radius 2 is 1.93 bits per heavy atom. The van der Waals surface area contributed by atoms with Crippen LogP contribution in [-0.4, -0.2) is 24.4 Å². The van der Waals surface area contributed by atoms with Crippen LogP contribution in [0.5, 0.6) is 0 Å². The molecule has 0 spiro atoms. The van der Waals surface area contributed by atoms with Crippen molar-refractivity contribution in [3.8, 4) is 0 Å². The minimum atomic E-state index is -0.117. The fourth-order valence-corrected chi connectivity index (χ4v) is 1.30. The molecule has 0 aliphatic rings. The van der Waals surface area contributed by atoms with Gasteiger partial charge in [0, 0.05) is 30.5 Å². The molecule has 0 unspecified atom stereocenters. The van der Waals surface area contributed by atoms with Crippen LogP contribution in [0, 0.1) is 0 Å². The molecule has 80 valence electrons. The lowest BCUT2D eigenvalue weighted by molar-refractivity contribution is 0.0810. The lowest BCUT2D eigenvalue weighted by Gasteiger charge is -2.15. The zero-order chi connectivity index (χ0) is 11.4. The molecule has 0 saturated heterocycles. The Morgan fingerprint density at radius 3 is 2.40 bits per heavy atom. The van der Waals surface area contributed by atoms with Crippen LogP contribution in [0.15, 0.2) is 30.9 Å². The van der Waals surface area contributed by atoms with Crippen LogP contribution in [0.1, 0.15) is 10.4 Å². The maximum absolute atomic E-state index is 11.8. The van der Waals surface area contributed by atoms with E-state index in [2.05, 4.69) is 6.58 Å². The fraction of sp³-hybridized carbons (Fsp3) is 0.182. The van der Waals surface area contributed by atoms with E-state index in [4.69, 9.17) is 11.5 Å². The number of carbonyl (C=O) groups is 1. The highest BCUT2D eigenvalue weighted by molar-refractivity contribution is 5.96. The van der Waals surface area contributed by atoms with E-state index in [9.17, 15) is 4.79 Å². The SMILES string of the molecule is C=CCN(C)C(=O)c1cc(N)cc(N)c1. The molecule has 0 radical (unpaired) electrons. The van der Waals surface area contributed by atoms with Gasteiger partial charge in [0.05, 0.1) is 0 Å². The van der Waals surface area contributed by atoms with Crippen molar-refractivity contribution in [2.45, 2.75) is 0 Å². The average molecular weight is 205 g/mol. The molecule has 0 aliphatic heterocycles. The number of nitrogens with zero attached hydrogens (tertiary/aromatic N) is 1. The topological polar surface area (TPSA) is 72.3 Å². The number of likely N-dealkylation sites (N-methyl/N-ethyl adjacent to an activating group) is 1. The third-order valence-corrected chi connectivity index (χ3v) is 1.97. The van der Waals surface area contributed by atoms with E-state index in [1.807, 2.05) is 0 Å². The summed E-state index contributed by atoms with van der Waals surface area (Å²) in [6.07, 6.45) is 1.66. The Bertz CT molecular complexity index is 367. The monoisotopic (exact) mass is 205 g/mol. The quantitative estimate of drug-likeness (QED) is 0.573. The molecule has 1 rings (SSSR count). The Kier molecular flexibility index (Phi) is 3.33. The van der Waals surface area contributed by atoms with Crippen LogP contribution in [0.3, 0.4) is 0 Å². The normalized spacial score (nSPS) is 9.67. The number of nitrogen functional groups attached to an aromatic ring is 2. The first kappa shape index (κ1) is 11.1. The van der Waals surface area contributed by atoms with Crippen LogP contribution in [0.4, 0.5) is 11.4 Å². The first-order chi connectivity index (χ1) is 7.04. The van der Waals surface area contributed by atoms with Crippen LogP contribution in [0.2, 0.25) is 0 Å². The van der Waals surface area contributed by atoms with E-state index in [1.165, 1.54) is 0 Å². The Morgan fingerprint density at radius 1 is 1.40 bits per heavy atom. The van der Waals surface area contributed by atoms with Crippen LogP contribution in [0.25, 0.3) is 0 Å². The number of nitrogens with two attached hydrogens (primary N) is 2. The summed E-state index contributed by atoms with van der Waals surface area (Å²) in [5, 5.41) is 0. The number of hydrogen-bond donors (Lipinski definition) is 2. The van der Waals surface area contributed by atoms with E-state index < -0.39 is 0 Å². The molecule has 0 heterocycles. The standard InChI is InChI=1S/C11H15N3O/c1-3-4-14(2)11(15)8-5-9(12)7-10(13)6-8/h3,5-7H,1,4,12-13H2,2H3. The predicted octanol–water partition coefficient (Wildman–Crippen LogP) is 1.11. The highest BCUT2D eigenvalue weighted by atomic mass is 16.2. The molecule has 4 N–H and O–H groups in total. The highest BCUT2D eigenvalue weighted by Gasteiger charge is 2.11. The average Bonchev–Trinajstić information content (AvgIpc) is 2.15. The predicted molar refractivity (Wildman–Crippen MR) is 62.4 cm³/mol. The molecular weight excluding hydrogens is 190 g/mol. The van der Waals surface area contributed by atoms with Crippen molar-refractivity contribution in [1.29, 1.82) is 0 Å². The zero-order valence-electron chi connectivity index (χ0n) is 8.73. The minimum Gasteiger partial charge on any atom is -0.399 e. The second-order valence-electron chi connectivity index (χ2n) is 3.36. The van der Waals surface area contributed by atoms with E-state index in [-0.39, 0.29) is 5.91 Å². The first-order valence-corrected chi connectivity index (χ1v) is 4.57. The molecule has 0 aromatic heterocycles. The minimum absolute atomic E-state index is 0.117. The lowest BCUT2D eigenvalue weighted by atomic mass is 10.1.